The maximum Gasteiger partial charge on any atom is 0.0843 e. The van der Waals surface area contributed by atoms with E-state index in [4.69, 9.17) is 0 Å². The number of rotatable bonds is 4. The summed E-state index contributed by atoms with van der Waals surface area (Å²) in [5, 5.41) is 10.4. The van der Waals surface area contributed by atoms with Crippen molar-refractivity contribution in [1.82, 2.24) is 10.2 Å². The van der Waals surface area contributed by atoms with Crippen LogP contribution in [0.5, 0.6) is 0 Å². The minimum Gasteiger partial charge on any atom is -0.380 e. The van der Waals surface area contributed by atoms with Gasteiger partial charge in [-0.3, -0.25) is 5.10 Å². The lowest BCUT2D eigenvalue weighted by Crippen LogP contribution is -1.97. The number of anilines is 1. The molecule has 6 heteroatoms. The van der Waals surface area contributed by atoms with E-state index in [1.165, 1.54) is 4.88 Å². The number of hydrogen-bond donors (Lipinski definition) is 2. The molecule has 0 radical (unpaired) electrons. The zero-order valence-electron chi connectivity index (χ0n) is 10.4. The first kappa shape index (κ1) is 13.9. The van der Waals surface area contributed by atoms with Crippen LogP contribution in [0.2, 0.25) is 0 Å². The molecule has 1 aromatic carbocycles. The molecule has 3 nitrogen and oxygen atoms in total. The molecule has 20 heavy (non-hydrogen) atoms. The van der Waals surface area contributed by atoms with E-state index in [0.717, 1.165) is 31.7 Å². The van der Waals surface area contributed by atoms with E-state index < -0.39 is 0 Å². The SMILES string of the molecule is Brc1cc(CNc2cccc(-c3ccn[nH]3)c2)sc1Br. The lowest BCUT2D eigenvalue weighted by molar-refractivity contribution is 1.09. The van der Waals surface area contributed by atoms with Crippen molar-refractivity contribution in [2.24, 2.45) is 0 Å². The minimum atomic E-state index is 0.807. The molecule has 0 saturated carbocycles. The van der Waals surface area contributed by atoms with Crippen molar-refractivity contribution in [2.75, 3.05) is 5.32 Å². The second-order valence-electron chi connectivity index (χ2n) is 4.24. The van der Waals surface area contributed by atoms with Gasteiger partial charge >= 0.3 is 0 Å². The van der Waals surface area contributed by atoms with Crippen LogP contribution < -0.4 is 5.32 Å². The summed E-state index contributed by atoms with van der Waals surface area (Å²) in [5.41, 5.74) is 3.24. The summed E-state index contributed by atoms with van der Waals surface area (Å²) < 4.78 is 2.23. The highest BCUT2D eigenvalue weighted by Crippen LogP contribution is 2.32. The molecule has 0 saturated heterocycles. The zero-order valence-corrected chi connectivity index (χ0v) is 14.3. The van der Waals surface area contributed by atoms with E-state index in [9.17, 15) is 0 Å². The van der Waals surface area contributed by atoms with Gasteiger partial charge in [0, 0.05) is 33.3 Å². The molecule has 0 atom stereocenters. The van der Waals surface area contributed by atoms with Crippen molar-refractivity contribution in [3.8, 4) is 11.3 Å². The maximum atomic E-state index is 3.98. The summed E-state index contributed by atoms with van der Waals surface area (Å²) in [6.45, 7) is 0.807. The fourth-order valence-corrected chi connectivity index (χ4v) is 4.00. The Morgan fingerprint density at radius 1 is 1.20 bits per heavy atom. The zero-order chi connectivity index (χ0) is 13.9. The molecule has 102 valence electrons. The minimum absolute atomic E-state index is 0.807. The van der Waals surface area contributed by atoms with Crippen molar-refractivity contribution >= 4 is 48.9 Å². The number of halogens is 2. The maximum absolute atomic E-state index is 3.98. The van der Waals surface area contributed by atoms with E-state index in [-0.39, 0.29) is 0 Å². The Bertz CT molecular complexity index is 688. The van der Waals surface area contributed by atoms with Gasteiger partial charge < -0.3 is 5.32 Å². The van der Waals surface area contributed by atoms with Gasteiger partial charge in [-0.2, -0.15) is 5.10 Å². The third-order valence-corrected chi connectivity index (χ3v) is 6.09. The molecule has 2 N–H and O–H groups in total. The third-order valence-electron chi connectivity index (χ3n) is 2.84. The first-order valence-electron chi connectivity index (χ1n) is 6.00. The Balaban J connectivity index is 1.73. The van der Waals surface area contributed by atoms with Crippen molar-refractivity contribution < 1.29 is 0 Å². The Hall–Kier alpha value is -1.11. The second kappa shape index (κ2) is 6.11. The fourth-order valence-electron chi connectivity index (χ4n) is 1.88. The van der Waals surface area contributed by atoms with Crippen molar-refractivity contribution in [3.63, 3.8) is 0 Å². The highest BCUT2D eigenvalue weighted by atomic mass is 79.9. The first-order valence-corrected chi connectivity index (χ1v) is 8.40. The van der Waals surface area contributed by atoms with Gasteiger partial charge in [0.2, 0.25) is 0 Å². The molecule has 0 unspecified atom stereocenters. The first-order chi connectivity index (χ1) is 9.72. The smallest absolute Gasteiger partial charge is 0.0843 e. The lowest BCUT2D eigenvalue weighted by atomic mass is 10.1. The highest BCUT2D eigenvalue weighted by molar-refractivity contribution is 9.13. The number of nitrogens with zero attached hydrogens (tertiary/aromatic N) is 1. The number of benzene rings is 1. The molecule has 2 aromatic heterocycles. The highest BCUT2D eigenvalue weighted by Gasteiger charge is 2.04. The van der Waals surface area contributed by atoms with E-state index in [2.05, 4.69) is 71.6 Å². The van der Waals surface area contributed by atoms with Gasteiger partial charge in [-0.05, 0) is 56.1 Å². The normalized spacial score (nSPS) is 10.7. The Morgan fingerprint density at radius 3 is 2.80 bits per heavy atom. The van der Waals surface area contributed by atoms with Crippen LogP contribution in [0.3, 0.4) is 0 Å². The van der Waals surface area contributed by atoms with Crippen LogP contribution >= 0.6 is 43.2 Å². The Kier molecular flexibility index (Phi) is 4.24. The van der Waals surface area contributed by atoms with Gasteiger partial charge in [0.25, 0.3) is 0 Å². The number of thiophene rings is 1. The Morgan fingerprint density at radius 2 is 2.10 bits per heavy atom. The van der Waals surface area contributed by atoms with Crippen LogP contribution in [0.25, 0.3) is 11.3 Å². The van der Waals surface area contributed by atoms with Gasteiger partial charge in [-0.15, -0.1) is 11.3 Å². The molecule has 2 heterocycles. The third kappa shape index (κ3) is 3.13. The molecule has 3 rings (SSSR count). The van der Waals surface area contributed by atoms with Crippen LogP contribution in [-0.4, -0.2) is 10.2 Å². The van der Waals surface area contributed by atoms with E-state index >= 15 is 0 Å². The quantitative estimate of drug-likeness (QED) is 0.612. The fraction of sp³-hybridized carbons (Fsp3) is 0.0714. The summed E-state index contributed by atoms with van der Waals surface area (Å²) in [5.74, 6) is 0. The van der Waals surface area contributed by atoms with Gasteiger partial charge in [-0.1, -0.05) is 12.1 Å². The van der Waals surface area contributed by atoms with Gasteiger partial charge in [0.15, 0.2) is 0 Å². The predicted octanol–water partition coefficient (Wildman–Crippen LogP) is 5.28. The molecule has 0 fully saturated rings. The van der Waals surface area contributed by atoms with Crippen molar-refractivity contribution in [2.45, 2.75) is 6.54 Å². The summed E-state index contributed by atoms with van der Waals surface area (Å²) in [4.78, 5) is 1.27. The van der Waals surface area contributed by atoms with E-state index in [1.807, 2.05) is 12.1 Å². The molecule has 0 spiro atoms. The summed E-state index contributed by atoms with van der Waals surface area (Å²) >= 11 is 8.74. The second-order valence-corrected chi connectivity index (χ2v) is 7.55. The molecule has 0 bridgehead atoms. The van der Waals surface area contributed by atoms with Crippen LogP contribution in [0.15, 0.2) is 50.9 Å². The van der Waals surface area contributed by atoms with Crippen LogP contribution in [0.4, 0.5) is 5.69 Å². The number of H-pyrrole nitrogens is 1. The monoisotopic (exact) mass is 411 g/mol. The average Bonchev–Trinajstić information content (AvgIpc) is 3.08. The van der Waals surface area contributed by atoms with Crippen molar-refractivity contribution in [1.29, 1.82) is 0 Å². The standard InChI is InChI=1S/C14H11Br2N3S/c15-12-7-11(20-14(12)16)8-17-10-3-1-2-9(6-10)13-4-5-18-19-13/h1-7,17H,8H2,(H,18,19). The summed E-state index contributed by atoms with van der Waals surface area (Å²) in [6.07, 6.45) is 1.76. The molecular formula is C14H11Br2N3S. The van der Waals surface area contributed by atoms with Gasteiger partial charge in [0.05, 0.1) is 9.48 Å². The lowest BCUT2D eigenvalue weighted by Gasteiger charge is -2.06. The summed E-state index contributed by atoms with van der Waals surface area (Å²) in [7, 11) is 0. The molecular weight excluding hydrogens is 402 g/mol. The Labute approximate surface area is 137 Å². The number of aromatic nitrogens is 2. The van der Waals surface area contributed by atoms with Crippen LogP contribution in [-0.2, 0) is 6.54 Å². The van der Waals surface area contributed by atoms with Crippen LogP contribution in [0, 0.1) is 0 Å². The topological polar surface area (TPSA) is 40.7 Å². The molecule has 0 aliphatic carbocycles. The van der Waals surface area contributed by atoms with E-state index in [0.29, 0.717) is 0 Å². The van der Waals surface area contributed by atoms with Crippen molar-refractivity contribution in [3.05, 3.63) is 55.7 Å². The largest absolute Gasteiger partial charge is 0.380 e. The summed E-state index contributed by atoms with van der Waals surface area (Å²) in [6, 6.07) is 12.4. The van der Waals surface area contributed by atoms with Gasteiger partial charge in [0.1, 0.15) is 0 Å². The van der Waals surface area contributed by atoms with E-state index in [1.54, 1.807) is 17.5 Å². The number of nitrogens with one attached hydrogen (secondary N) is 2. The molecule has 0 amide bonds. The molecule has 0 aliphatic rings. The number of aromatic amines is 1. The number of hydrogen-bond acceptors (Lipinski definition) is 3. The van der Waals surface area contributed by atoms with Gasteiger partial charge in [-0.25, -0.2) is 0 Å². The molecule has 3 aromatic rings. The molecule has 0 aliphatic heterocycles. The average molecular weight is 413 g/mol. The predicted molar refractivity (Wildman–Crippen MR) is 91.1 cm³/mol. The van der Waals surface area contributed by atoms with Crippen LogP contribution in [0.1, 0.15) is 4.88 Å².